The number of carbonyl (C=O) groups is 2. The van der Waals surface area contributed by atoms with E-state index in [0.717, 1.165) is 11.3 Å². The topological polar surface area (TPSA) is 52.7 Å². The molecule has 0 aliphatic rings. The molecular weight excluding hydrogens is 326 g/mol. The van der Waals surface area contributed by atoms with Gasteiger partial charge in [-0.15, -0.1) is 0 Å². The lowest BCUT2D eigenvalue weighted by atomic mass is 10.1. The van der Waals surface area contributed by atoms with Gasteiger partial charge in [0.15, 0.2) is 0 Å². The normalized spacial score (nSPS) is 10.5. The van der Waals surface area contributed by atoms with Crippen molar-refractivity contribution in [2.75, 3.05) is 24.3 Å². The van der Waals surface area contributed by atoms with Crippen LogP contribution >= 0.6 is 0 Å². The van der Waals surface area contributed by atoms with Gasteiger partial charge in [-0.3, -0.25) is 9.59 Å². The molecule has 0 heterocycles. The molecular formula is C21H27N3O2. The van der Waals surface area contributed by atoms with Crippen LogP contribution in [0.1, 0.15) is 25.8 Å². The number of amides is 2. The zero-order chi connectivity index (χ0) is 19.1. The van der Waals surface area contributed by atoms with Crippen LogP contribution in [0.25, 0.3) is 0 Å². The van der Waals surface area contributed by atoms with Gasteiger partial charge in [-0.25, -0.2) is 0 Å². The third-order valence-electron chi connectivity index (χ3n) is 4.12. The van der Waals surface area contributed by atoms with Crippen molar-refractivity contribution in [3.8, 4) is 0 Å². The summed E-state index contributed by atoms with van der Waals surface area (Å²) < 4.78 is 0. The maximum Gasteiger partial charge on any atom is 0.233 e. The van der Waals surface area contributed by atoms with Crippen LogP contribution in [0.5, 0.6) is 0 Å². The summed E-state index contributed by atoms with van der Waals surface area (Å²) in [4.78, 5) is 28.6. The first-order chi connectivity index (χ1) is 12.4. The van der Waals surface area contributed by atoms with Crippen molar-refractivity contribution in [1.29, 1.82) is 0 Å². The summed E-state index contributed by atoms with van der Waals surface area (Å²) in [6.45, 7) is 4.42. The summed E-state index contributed by atoms with van der Waals surface area (Å²) >= 11 is 0. The standard InChI is InChI=1S/C21H27N3O2/c1-16(2)24(15-17-8-6-5-7-9-17)21(26)14-20(25)22-18-10-12-19(13-11-18)23(3)4/h5-13,16H,14-15H2,1-4H3,(H,22,25). The number of hydrogen-bond donors (Lipinski definition) is 1. The highest BCUT2D eigenvalue weighted by Gasteiger charge is 2.20. The van der Waals surface area contributed by atoms with E-state index in [0.29, 0.717) is 12.2 Å². The molecule has 2 amide bonds. The molecule has 0 saturated heterocycles. The van der Waals surface area contributed by atoms with Crippen molar-refractivity contribution in [2.45, 2.75) is 32.9 Å². The van der Waals surface area contributed by atoms with Crippen LogP contribution in [-0.2, 0) is 16.1 Å². The second-order valence-electron chi connectivity index (χ2n) is 6.77. The molecule has 0 aliphatic carbocycles. The average Bonchev–Trinajstić information content (AvgIpc) is 2.60. The highest BCUT2D eigenvalue weighted by molar-refractivity contribution is 6.03. The summed E-state index contributed by atoms with van der Waals surface area (Å²) in [6.07, 6.45) is -0.166. The van der Waals surface area contributed by atoms with E-state index < -0.39 is 0 Å². The van der Waals surface area contributed by atoms with Crippen LogP contribution in [0, 0.1) is 0 Å². The molecule has 0 bridgehead atoms. The maximum absolute atomic E-state index is 12.6. The quantitative estimate of drug-likeness (QED) is 0.775. The third kappa shape index (κ3) is 5.62. The van der Waals surface area contributed by atoms with Gasteiger partial charge in [-0.1, -0.05) is 30.3 Å². The molecule has 1 N–H and O–H groups in total. The summed E-state index contributed by atoms with van der Waals surface area (Å²) in [5.41, 5.74) is 2.79. The van der Waals surface area contributed by atoms with E-state index in [1.165, 1.54) is 0 Å². The largest absolute Gasteiger partial charge is 0.378 e. The fraction of sp³-hybridized carbons (Fsp3) is 0.333. The fourth-order valence-electron chi connectivity index (χ4n) is 2.63. The zero-order valence-electron chi connectivity index (χ0n) is 15.9. The molecule has 0 radical (unpaired) electrons. The minimum atomic E-state index is -0.300. The monoisotopic (exact) mass is 353 g/mol. The SMILES string of the molecule is CC(C)N(Cc1ccccc1)C(=O)CC(=O)Nc1ccc(N(C)C)cc1. The van der Waals surface area contributed by atoms with Crippen molar-refractivity contribution in [2.24, 2.45) is 0 Å². The average molecular weight is 353 g/mol. The lowest BCUT2D eigenvalue weighted by Crippen LogP contribution is -2.38. The number of nitrogens with zero attached hydrogens (tertiary/aromatic N) is 2. The van der Waals surface area contributed by atoms with Gasteiger partial charge in [-0.05, 0) is 43.7 Å². The Morgan fingerprint density at radius 3 is 2.12 bits per heavy atom. The minimum Gasteiger partial charge on any atom is -0.378 e. The predicted octanol–water partition coefficient (Wildman–Crippen LogP) is 3.52. The summed E-state index contributed by atoms with van der Waals surface area (Å²) in [5.74, 6) is -0.474. The molecule has 2 aromatic rings. The molecule has 0 aromatic heterocycles. The highest BCUT2D eigenvalue weighted by atomic mass is 16.2. The first-order valence-corrected chi connectivity index (χ1v) is 8.77. The van der Waals surface area contributed by atoms with Crippen LogP contribution in [-0.4, -0.2) is 36.9 Å². The van der Waals surface area contributed by atoms with E-state index in [1.807, 2.05) is 87.4 Å². The van der Waals surface area contributed by atoms with Gasteiger partial charge in [-0.2, -0.15) is 0 Å². The van der Waals surface area contributed by atoms with E-state index in [2.05, 4.69) is 5.32 Å². The lowest BCUT2D eigenvalue weighted by Gasteiger charge is -2.26. The van der Waals surface area contributed by atoms with Crippen LogP contribution in [0.3, 0.4) is 0 Å². The zero-order valence-corrected chi connectivity index (χ0v) is 15.9. The number of benzene rings is 2. The second kappa shape index (κ2) is 9.04. The highest BCUT2D eigenvalue weighted by Crippen LogP contribution is 2.16. The molecule has 0 fully saturated rings. The van der Waals surface area contributed by atoms with Gasteiger partial charge in [0.05, 0.1) is 0 Å². The van der Waals surface area contributed by atoms with Crippen molar-refractivity contribution in [3.05, 3.63) is 60.2 Å². The number of anilines is 2. The van der Waals surface area contributed by atoms with Crippen LogP contribution in [0.15, 0.2) is 54.6 Å². The summed E-state index contributed by atoms with van der Waals surface area (Å²) in [7, 11) is 3.92. The minimum absolute atomic E-state index is 0.0230. The Hall–Kier alpha value is -2.82. The Balaban J connectivity index is 1.96. The number of carbonyl (C=O) groups excluding carboxylic acids is 2. The first kappa shape index (κ1) is 19.5. The molecule has 0 aliphatic heterocycles. The Labute approximate surface area is 155 Å². The number of rotatable bonds is 7. The van der Waals surface area contributed by atoms with E-state index in [-0.39, 0.29) is 24.3 Å². The van der Waals surface area contributed by atoms with E-state index in [9.17, 15) is 9.59 Å². The van der Waals surface area contributed by atoms with Crippen molar-refractivity contribution >= 4 is 23.2 Å². The Morgan fingerprint density at radius 1 is 0.962 bits per heavy atom. The smallest absolute Gasteiger partial charge is 0.233 e. The molecule has 0 saturated carbocycles. The lowest BCUT2D eigenvalue weighted by molar-refractivity contribution is -0.136. The van der Waals surface area contributed by atoms with E-state index in [4.69, 9.17) is 0 Å². The summed E-state index contributed by atoms with van der Waals surface area (Å²) in [5, 5.41) is 2.79. The second-order valence-corrected chi connectivity index (χ2v) is 6.77. The van der Waals surface area contributed by atoms with E-state index in [1.54, 1.807) is 4.90 Å². The predicted molar refractivity (Wildman–Crippen MR) is 106 cm³/mol. The Kier molecular flexibility index (Phi) is 6.78. The molecule has 0 spiro atoms. The molecule has 26 heavy (non-hydrogen) atoms. The van der Waals surface area contributed by atoms with Crippen molar-refractivity contribution in [3.63, 3.8) is 0 Å². The van der Waals surface area contributed by atoms with Crippen LogP contribution in [0.4, 0.5) is 11.4 Å². The van der Waals surface area contributed by atoms with Gasteiger partial charge in [0.25, 0.3) is 0 Å². The van der Waals surface area contributed by atoms with Gasteiger partial charge in [0.1, 0.15) is 6.42 Å². The van der Waals surface area contributed by atoms with Crippen LogP contribution < -0.4 is 10.2 Å². The first-order valence-electron chi connectivity index (χ1n) is 8.77. The number of nitrogens with one attached hydrogen (secondary N) is 1. The van der Waals surface area contributed by atoms with Crippen LogP contribution in [0.2, 0.25) is 0 Å². The van der Waals surface area contributed by atoms with Crippen molar-refractivity contribution in [1.82, 2.24) is 4.90 Å². The van der Waals surface area contributed by atoms with E-state index >= 15 is 0 Å². The van der Waals surface area contributed by atoms with Gasteiger partial charge in [0, 0.05) is 38.1 Å². The third-order valence-corrected chi connectivity index (χ3v) is 4.12. The molecule has 138 valence electrons. The van der Waals surface area contributed by atoms with Gasteiger partial charge < -0.3 is 15.1 Å². The number of hydrogen-bond acceptors (Lipinski definition) is 3. The van der Waals surface area contributed by atoms with Crippen molar-refractivity contribution < 1.29 is 9.59 Å². The molecule has 0 unspecified atom stereocenters. The molecule has 2 rings (SSSR count). The van der Waals surface area contributed by atoms with Gasteiger partial charge >= 0.3 is 0 Å². The van der Waals surface area contributed by atoms with Gasteiger partial charge in [0.2, 0.25) is 11.8 Å². The molecule has 2 aromatic carbocycles. The summed E-state index contributed by atoms with van der Waals surface area (Å²) in [6, 6.07) is 17.3. The fourth-order valence-corrected chi connectivity index (χ4v) is 2.63. The maximum atomic E-state index is 12.6. The molecule has 5 heteroatoms. The Bertz CT molecular complexity index is 725. The Morgan fingerprint density at radius 2 is 1.58 bits per heavy atom. The molecule has 0 atom stereocenters. The molecule has 5 nitrogen and oxygen atoms in total.